The molecule has 0 amide bonds. The molecule has 0 aliphatic carbocycles. The number of carbonyl (C=O) groups is 2. The van der Waals surface area contributed by atoms with Crippen molar-refractivity contribution in [3.63, 3.8) is 0 Å². The van der Waals surface area contributed by atoms with Crippen LogP contribution in [0.2, 0.25) is 0 Å². The Bertz CT molecular complexity index is 119. The van der Waals surface area contributed by atoms with Crippen molar-refractivity contribution in [2.45, 2.75) is 20.3 Å². The van der Waals surface area contributed by atoms with Crippen molar-refractivity contribution in [2.75, 3.05) is 0 Å². The summed E-state index contributed by atoms with van der Waals surface area (Å²) >= 11 is 0. The van der Waals surface area contributed by atoms with Crippen LogP contribution < -0.4 is 0 Å². The van der Waals surface area contributed by atoms with Gasteiger partial charge in [0.2, 0.25) is 0 Å². The normalized spacial score (nSPS) is 11.4. The summed E-state index contributed by atoms with van der Waals surface area (Å²) in [5.41, 5.74) is 0. The third kappa shape index (κ3) is 3.69. The molecule has 57 valence electrons. The predicted molar refractivity (Wildman–Crippen MR) is 32.1 cm³/mol. The molecule has 0 fully saturated rings. The second-order valence-electron chi connectivity index (χ2n) is 1.91. The number of carbonyl (C=O) groups excluding carboxylic acids is 1. The first-order chi connectivity index (χ1) is 4.09. The molecule has 1 atom stereocenters. The Morgan fingerprint density at radius 3 is 1.90 bits per heavy atom. The van der Waals surface area contributed by atoms with E-state index in [0.29, 0.717) is 6.42 Å². The fourth-order valence-electron chi connectivity index (χ4n) is 0.636. The largest absolute Gasteiger partial charge is 0.481 e. The van der Waals surface area contributed by atoms with Gasteiger partial charge in [0.15, 0.2) is 0 Å². The molecule has 1 unspecified atom stereocenters. The van der Waals surface area contributed by atoms with Crippen molar-refractivity contribution >= 4 is 11.8 Å². The molecule has 0 bridgehead atoms. The molecule has 0 heterocycles. The Balaban J connectivity index is 0. The van der Waals surface area contributed by atoms with E-state index < -0.39 is 11.9 Å². The van der Waals surface area contributed by atoms with Crippen LogP contribution in [-0.2, 0) is 28.1 Å². The van der Waals surface area contributed by atoms with E-state index in [4.69, 9.17) is 5.11 Å². The van der Waals surface area contributed by atoms with Crippen LogP contribution in [0.15, 0.2) is 0 Å². The molecule has 0 saturated heterocycles. The fourth-order valence-corrected chi connectivity index (χ4v) is 0.636. The zero-order valence-corrected chi connectivity index (χ0v) is 7.39. The second kappa shape index (κ2) is 5.50. The number of hydrogen-bond donors (Lipinski definition) is 1. The Morgan fingerprint density at radius 1 is 1.50 bits per heavy atom. The summed E-state index contributed by atoms with van der Waals surface area (Å²) in [4.78, 5) is 20.6. The molecule has 0 spiro atoms. The number of aliphatic carboxylic acids is 1. The maximum atomic E-state index is 10.4. The number of Topliss-reactive ketones (excluding diaryl/α,β-unsaturated/α-hetero) is 1. The van der Waals surface area contributed by atoms with E-state index in [0.717, 1.165) is 0 Å². The second-order valence-corrected chi connectivity index (χ2v) is 1.91. The van der Waals surface area contributed by atoms with Crippen molar-refractivity contribution in [3.05, 3.63) is 0 Å². The van der Waals surface area contributed by atoms with E-state index in [1.807, 2.05) is 0 Å². The minimum absolute atomic E-state index is 0. The number of hydrogen-bond acceptors (Lipinski definition) is 2. The van der Waals surface area contributed by atoms with Crippen LogP contribution in [0.5, 0.6) is 0 Å². The van der Waals surface area contributed by atoms with Gasteiger partial charge in [0.05, 0.1) is 0 Å². The van der Waals surface area contributed by atoms with Gasteiger partial charge in [-0.1, -0.05) is 6.92 Å². The Labute approximate surface area is 71.7 Å². The third-order valence-electron chi connectivity index (χ3n) is 1.20. The maximum Gasteiger partial charge on any atom is 0.314 e. The molecule has 0 aromatic rings. The Morgan fingerprint density at radius 2 is 1.90 bits per heavy atom. The minimum atomic E-state index is -1.02. The van der Waals surface area contributed by atoms with Crippen LogP contribution in [0.4, 0.5) is 0 Å². The van der Waals surface area contributed by atoms with Gasteiger partial charge in [-0.3, -0.25) is 9.59 Å². The number of rotatable bonds is 3. The van der Waals surface area contributed by atoms with Crippen molar-refractivity contribution in [1.82, 2.24) is 0 Å². The standard InChI is InChI=1S/C6H10O3.V/c1-3-5(4(2)7)6(8)9;/h5H,3H2,1-2H3,(H,8,9);. The zero-order valence-electron chi connectivity index (χ0n) is 6.00. The molecule has 0 rings (SSSR count). The van der Waals surface area contributed by atoms with E-state index in [1.54, 1.807) is 6.92 Å². The van der Waals surface area contributed by atoms with Crippen LogP contribution in [0.25, 0.3) is 0 Å². The van der Waals surface area contributed by atoms with Gasteiger partial charge in [-0.25, -0.2) is 0 Å². The van der Waals surface area contributed by atoms with Gasteiger partial charge in [-0.2, -0.15) is 0 Å². The van der Waals surface area contributed by atoms with Crippen LogP contribution >= 0.6 is 0 Å². The van der Waals surface area contributed by atoms with Crippen LogP contribution in [0.1, 0.15) is 20.3 Å². The Hall–Kier alpha value is -0.276. The van der Waals surface area contributed by atoms with Gasteiger partial charge in [0.1, 0.15) is 11.7 Å². The van der Waals surface area contributed by atoms with Gasteiger partial charge < -0.3 is 5.11 Å². The first-order valence-corrected chi connectivity index (χ1v) is 2.82. The molecule has 0 aromatic carbocycles. The van der Waals surface area contributed by atoms with Crippen molar-refractivity contribution in [3.8, 4) is 0 Å². The summed E-state index contributed by atoms with van der Waals surface area (Å²) in [6.07, 6.45) is 0.380. The summed E-state index contributed by atoms with van der Waals surface area (Å²) in [6, 6.07) is 0. The van der Waals surface area contributed by atoms with Gasteiger partial charge in [0.25, 0.3) is 0 Å². The van der Waals surface area contributed by atoms with Crippen molar-refractivity contribution < 1.29 is 33.3 Å². The van der Waals surface area contributed by atoms with Crippen LogP contribution in [-0.4, -0.2) is 16.9 Å². The van der Waals surface area contributed by atoms with E-state index >= 15 is 0 Å². The molecule has 0 aliphatic rings. The monoisotopic (exact) mass is 181 g/mol. The molecule has 10 heavy (non-hydrogen) atoms. The molecular formula is C6H10O3V. The third-order valence-corrected chi connectivity index (χ3v) is 1.20. The average Bonchev–Trinajstić information content (AvgIpc) is 1.64. The van der Waals surface area contributed by atoms with Gasteiger partial charge in [-0.05, 0) is 13.3 Å². The first-order valence-electron chi connectivity index (χ1n) is 2.82. The molecule has 1 N–H and O–H groups in total. The van der Waals surface area contributed by atoms with E-state index in [1.165, 1.54) is 6.92 Å². The predicted octanol–water partition coefficient (Wildman–Crippen LogP) is 0.684. The van der Waals surface area contributed by atoms with Gasteiger partial charge in [-0.15, -0.1) is 0 Å². The van der Waals surface area contributed by atoms with Gasteiger partial charge >= 0.3 is 5.97 Å². The van der Waals surface area contributed by atoms with Gasteiger partial charge in [0, 0.05) is 18.6 Å². The minimum Gasteiger partial charge on any atom is -0.481 e. The molecule has 0 aromatic heterocycles. The summed E-state index contributed by atoms with van der Waals surface area (Å²) in [5, 5.41) is 8.32. The molecular weight excluding hydrogens is 171 g/mol. The summed E-state index contributed by atoms with van der Waals surface area (Å²) in [6.45, 7) is 2.97. The Kier molecular flexibility index (Phi) is 6.83. The molecule has 1 radical (unpaired) electrons. The van der Waals surface area contributed by atoms with Crippen molar-refractivity contribution in [2.24, 2.45) is 5.92 Å². The zero-order chi connectivity index (χ0) is 7.44. The summed E-state index contributed by atoms with van der Waals surface area (Å²) in [5.74, 6) is -2.10. The molecule has 3 nitrogen and oxygen atoms in total. The van der Waals surface area contributed by atoms with Crippen LogP contribution in [0, 0.1) is 5.92 Å². The summed E-state index contributed by atoms with van der Waals surface area (Å²) in [7, 11) is 0. The first kappa shape index (κ1) is 12.4. The average molecular weight is 181 g/mol. The molecule has 4 heteroatoms. The molecule has 0 saturated carbocycles. The number of carboxylic acid groups (broad SMARTS) is 1. The maximum absolute atomic E-state index is 10.4. The van der Waals surface area contributed by atoms with E-state index in [9.17, 15) is 9.59 Å². The number of carboxylic acids is 1. The van der Waals surface area contributed by atoms with Crippen LogP contribution in [0.3, 0.4) is 0 Å². The summed E-state index contributed by atoms with van der Waals surface area (Å²) < 4.78 is 0. The van der Waals surface area contributed by atoms with E-state index in [2.05, 4.69) is 0 Å². The topological polar surface area (TPSA) is 54.4 Å². The SMILES string of the molecule is CCC(C(C)=O)C(=O)O.[V]. The smallest absolute Gasteiger partial charge is 0.314 e. The molecule has 0 aliphatic heterocycles. The quantitative estimate of drug-likeness (QED) is 0.651. The van der Waals surface area contributed by atoms with Crippen molar-refractivity contribution in [1.29, 1.82) is 0 Å². The number of ketones is 1. The fraction of sp³-hybridized carbons (Fsp3) is 0.667. The van der Waals surface area contributed by atoms with E-state index in [-0.39, 0.29) is 24.3 Å².